The van der Waals surface area contributed by atoms with Gasteiger partial charge in [0.2, 0.25) is 10.0 Å². The number of aliphatic hydroxyl groups excluding tert-OH is 1. The van der Waals surface area contributed by atoms with Crippen molar-refractivity contribution in [1.82, 2.24) is 10.1 Å². The van der Waals surface area contributed by atoms with Gasteiger partial charge in [0.05, 0.1) is 0 Å². The normalized spacial score (nSPS) is 10.8. The van der Waals surface area contributed by atoms with Crippen LogP contribution in [-0.4, -0.2) is 30.3 Å². The van der Waals surface area contributed by atoms with Crippen molar-refractivity contribution in [2.45, 2.75) is 12.7 Å². The first kappa shape index (κ1) is 15.0. The summed E-state index contributed by atoms with van der Waals surface area (Å²) in [4.78, 5) is 3.92. The SMILES string of the molecule is Cc1cc(CS(=O)(=O)Nc2cc(C#CCO)ccn2)no1. The second-order valence-corrected chi connectivity index (χ2v) is 5.90. The first-order chi connectivity index (χ1) is 9.98. The van der Waals surface area contributed by atoms with Crippen LogP contribution in [0.25, 0.3) is 0 Å². The van der Waals surface area contributed by atoms with Crippen LogP contribution in [0.15, 0.2) is 28.9 Å². The highest BCUT2D eigenvalue weighted by molar-refractivity contribution is 7.91. The van der Waals surface area contributed by atoms with Crippen LogP contribution in [0.5, 0.6) is 0 Å². The molecule has 110 valence electrons. The Balaban J connectivity index is 2.13. The Morgan fingerprint density at radius 1 is 1.43 bits per heavy atom. The van der Waals surface area contributed by atoms with Gasteiger partial charge >= 0.3 is 0 Å². The van der Waals surface area contributed by atoms with E-state index in [1.165, 1.54) is 12.3 Å². The fraction of sp³-hybridized carbons (Fsp3) is 0.231. The van der Waals surface area contributed by atoms with E-state index >= 15 is 0 Å². The smallest absolute Gasteiger partial charge is 0.239 e. The van der Waals surface area contributed by atoms with Crippen LogP contribution >= 0.6 is 0 Å². The largest absolute Gasteiger partial charge is 0.384 e. The van der Waals surface area contributed by atoms with Gasteiger partial charge in [-0.3, -0.25) is 4.72 Å². The number of aryl methyl sites for hydroxylation is 1. The molecule has 0 amide bonds. The van der Waals surface area contributed by atoms with Crippen molar-refractivity contribution in [3.8, 4) is 11.8 Å². The molecule has 2 N–H and O–H groups in total. The molecule has 0 unspecified atom stereocenters. The Kier molecular flexibility index (Phi) is 4.57. The number of sulfonamides is 1. The lowest BCUT2D eigenvalue weighted by atomic mass is 10.2. The van der Waals surface area contributed by atoms with E-state index in [1.54, 1.807) is 19.1 Å². The topological polar surface area (TPSA) is 105 Å². The number of nitrogens with one attached hydrogen (secondary N) is 1. The summed E-state index contributed by atoms with van der Waals surface area (Å²) in [5.74, 6) is 5.53. The quantitative estimate of drug-likeness (QED) is 0.804. The van der Waals surface area contributed by atoms with Crippen LogP contribution < -0.4 is 4.72 Å². The van der Waals surface area contributed by atoms with Crippen LogP contribution in [0, 0.1) is 18.8 Å². The third-order valence-corrected chi connectivity index (χ3v) is 3.54. The lowest BCUT2D eigenvalue weighted by molar-refractivity contribution is 0.350. The lowest BCUT2D eigenvalue weighted by Gasteiger charge is -2.05. The van der Waals surface area contributed by atoms with Crippen LogP contribution in [0.1, 0.15) is 17.0 Å². The zero-order chi connectivity index (χ0) is 15.3. The molecule has 2 rings (SSSR count). The van der Waals surface area contributed by atoms with Gasteiger partial charge in [-0.05, 0) is 19.1 Å². The van der Waals surface area contributed by atoms with Gasteiger partial charge in [-0.2, -0.15) is 0 Å². The van der Waals surface area contributed by atoms with E-state index in [1.807, 2.05) is 0 Å². The van der Waals surface area contributed by atoms with Gasteiger partial charge in [-0.25, -0.2) is 13.4 Å². The number of aromatic nitrogens is 2. The van der Waals surface area contributed by atoms with Crippen molar-refractivity contribution in [3.63, 3.8) is 0 Å². The zero-order valence-electron chi connectivity index (χ0n) is 11.2. The van der Waals surface area contributed by atoms with Gasteiger partial charge in [0.15, 0.2) is 0 Å². The van der Waals surface area contributed by atoms with Crippen LogP contribution in [0.3, 0.4) is 0 Å². The van der Waals surface area contributed by atoms with Crippen molar-refractivity contribution in [2.75, 3.05) is 11.3 Å². The molecule has 0 aromatic carbocycles. The summed E-state index contributed by atoms with van der Waals surface area (Å²) in [6.07, 6.45) is 1.43. The maximum absolute atomic E-state index is 12.0. The summed E-state index contributed by atoms with van der Waals surface area (Å²) in [5.41, 5.74) is 0.866. The molecule has 0 saturated carbocycles. The van der Waals surface area contributed by atoms with Crippen molar-refractivity contribution >= 4 is 15.8 Å². The summed E-state index contributed by atoms with van der Waals surface area (Å²) in [6.45, 7) is 1.41. The molecule has 2 aromatic rings. The highest BCUT2D eigenvalue weighted by Crippen LogP contribution is 2.12. The second-order valence-electron chi connectivity index (χ2n) is 4.18. The first-order valence-electron chi connectivity index (χ1n) is 5.97. The van der Waals surface area contributed by atoms with Crippen molar-refractivity contribution in [3.05, 3.63) is 41.4 Å². The molecule has 8 heteroatoms. The lowest BCUT2D eigenvalue weighted by Crippen LogP contribution is -2.16. The number of pyridine rings is 1. The van der Waals surface area contributed by atoms with E-state index in [0.717, 1.165) is 0 Å². The molecule has 0 atom stereocenters. The fourth-order valence-electron chi connectivity index (χ4n) is 1.58. The molecule has 2 aromatic heterocycles. The number of hydrogen-bond acceptors (Lipinski definition) is 6. The second kappa shape index (κ2) is 6.39. The van der Waals surface area contributed by atoms with Gasteiger partial charge in [-0.1, -0.05) is 17.0 Å². The number of nitrogens with zero attached hydrogens (tertiary/aromatic N) is 2. The predicted molar refractivity (Wildman–Crippen MR) is 75.7 cm³/mol. The molecule has 0 radical (unpaired) electrons. The number of hydrogen-bond donors (Lipinski definition) is 2. The van der Waals surface area contributed by atoms with E-state index in [-0.39, 0.29) is 18.2 Å². The monoisotopic (exact) mass is 307 g/mol. The molecule has 0 aliphatic heterocycles. The Hall–Kier alpha value is -2.37. The Labute approximate surface area is 122 Å². The average molecular weight is 307 g/mol. The zero-order valence-corrected chi connectivity index (χ0v) is 12.0. The number of rotatable bonds is 4. The molecule has 0 fully saturated rings. The summed E-state index contributed by atoms with van der Waals surface area (Å²) >= 11 is 0. The highest BCUT2D eigenvalue weighted by Gasteiger charge is 2.15. The number of anilines is 1. The van der Waals surface area contributed by atoms with Crippen LogP contribution in [-0.2, 0) is 15.8 Å². The molecule has 0 aliphatic carbocycles. The minimum absolute atomic E-state index is 0.153. The number of aliphatic hydroxyl groups is 1. The molecule has 0 spiro atoms. The van der Waals surface area contributed by atoms with E-state index in [4.69, 9.17) is 9.63 Å². The van der Waals surface area contributed by atoms with E-state index in [2.05, 4.69) is 26.7 Å². The van der Waals surface area contributed by atoms with Gasteiger partial charge in [-0.15, -0.1) is 0 Å². The van der Waals surface area contributed by atoms with E-state index in [0.29, 0.717) is 17.0 Å². The maximum atomic E-state index is 12.0. The average Bonchev–Trinajstić information content (AvgIpc) is 2.80. The summed E-state index contributed by atoms with van der Waals surface area (Å²) in [6, 6.07) is 4.64. The Morgan fingerprint density at radius 3 is 2.90 bits per heavy atom. The standard InChI is InChI=1S/C13H13N3O4S/c1-10-7-12(15-20-10)9-21(18,19)16-13-8-11(3-2-6-17)4-5-14-13/h4-5,7-8,17H,6,9H2,1H3,(H,14,16). The van der Waals surface area contributed by atoms with Crippen LogP contribution in [0.2, 0.25) is 0 Å². The minimum Gasteiger partial charge on any atom is -0.384 e. The molecule has 2 heterocycles. The van der Waals surface area contributed by atoms with Gasteiger partial charge in [0, 0.05) is 17.8 Å². The van der Waals surface area contributed by atoms with Gasteiger partial charge < -0.3 is 9.63 Å². The Bertz CT molecular complexity index is 787. The van der Waals surface area contributed by atoms with Crippen molar-refractivity contribution < 1.29 is 18.0 Å². The van der Waals surface area contributed by atoms with Gasteiger partial charge in [0.25, 0.3) is 0 Å². The van der Waals surface area contributed by atoms with Crippen LogP contribution in [0.4, 0.5) is 5.82 Å². The summed E-state index contributed by atoms with van der Waals surface area (Å²) in [7, 11) is -3.64. The summed E-state index contributed by atoms with van der Waals surface area (Å²) < 4.78 is 31.2. The molecule has 0 aliphatic rings. The predicted octanol–water partition coefficient (Wildman–Crippen LogP) is 0.664. The fourth-order valence-corrected chi connectivity index (χ4v) is 2.61. The molecule has 21 heavy (non-hydrogen) atoms. The third kappa shape index (κ3) is 4.59. The van der Waals surface area contributed by atoms with E-state index in [9.17, 15) is 8.42 Å². The highest BCUT2D eigenvalue weighted by atomic mass is 32.2. The molecular formula is C13H13N3O4S. The van der Waals surface area contributed by atoms with Crippen molar-refractivity contribution in [1.29, 1.82) is 0 Å². The Morgan fingerprint density at radius 2 is 2.24 bits per heavy atom. The minimum atomic E-state index is -3.64. The third-order valence-electron chi connectivity index (χ3n) is 2.35. The maximum Gasteiger partial charge on any atom is 0.239 e. The molecule has 7 nitrogen and oxygen atoms in total. The van der Waals surface area contributed by atoms with Gasteiger partial charge in [0.1, 0.15) is 29.6 Å². The summed E-state index contributed by atoms with van der Waals surface area (Å²) in [5, 5.41) is 12.3. The first-order valence-corrected chi connectivity index (χ1v) is 7.62. The van der Waals surface area contributed by atoms with Crippen molar-refractivity contribution in [2.24, 2.45) is 0 Å². The van der Waals surface area contributed by atoms with E-state index < -0.39 is 10.0 Å². The molecule has 0 bridgehead atoms. The molecular weight excluding hydrogens is 294 g/mol. The molecule has 0 saturated heterocycles.